The van der Waals surface area contributed by atoms with Crippen LogP contribution < -0.4 is 4.74 Å². The van der Waals surface area contributed by atoms with Crippen molar-refractivity contribution in [3.05, 3.63) is 113 Å². The third kappa shape index (κ3) is 5.81. The highest BCUT2D eigenvalue weighted by atomic mass is 16.6. The van der Waals surface area contributed by atoms with Crippen LogP contribution in [0.5, 0.6) is 5.75 Å². The number of methoxy groups -OCH3 is 1. The second-order valence-electron chi connectivity index (χ2n) is 8.11. The predicted octanol–water partition coefficient (Wildman–Crippen LogP) is 5.67. The molecule has 1 atom stereocenters. The summed E-state index contributed by atoms with van der Waals surface area (Å²) in [5.41, 5.74) is 2.89. The van der Waals surface area contributed by atoms with E-state index in [4.69, 9.17) is 14.2 Å². The third-order valence-corrected chi connectivity index (χ3v) is 5.49. The van der Waals surface area contributed by atoms with Gasteiger partial charge in [-0.15, -0.1) is 0 Å². The first-order chi connectivity index (χ1) is 16.5. The maximum atomic E-state index is 13.0. The molecule has 0 aromatic heterocycles. The van der Waals surface area contributed by atoms with Crippen molar-refractivity contribution in [1.82, 2.24) is 0 Å². The monoisotopic (exact) mass is 454 g/mol. The SMILES string of the molecule is COc1cc(C)cc(C(=O)O[C@H](Cc2ccc3ccccc3c2)C(=O)OCc2ccccc2)c1. The van der Waals surface area contributed by atoms with Crippen LogP contribution in [0.15, 0.2) is 91.0 Å². The van der Waals surface area contributed by atoms with Crippen molar-refractivity contribution in [1.29, 1.82) is 0 Å². The summed E-state index contributed by atoms with van der Waals surface area (Å²) in [6.45, 7) is 1.96. The number of esters is 2. The Hall–Kier alpha value is -4.12. The molecule has 4 aromatic rings. The molecule has 0 saturated carbocycles. The van der Waals surface area contributed by atoms with Gasteiger partial charge in [0.15, 0.2) is 0 Å². The lowest BCUT2D eigenvalue weighted by Gasteiger charge is -2.18. The number of fused-ring (bicyclic) bond motifs is 1. The van der Waals surface area contributed by atoms with Crippen molar-refractivity contribution >= 4 is 22.7 Å². The summed E-state index contributed by atoms with van der Waals surface area (Å²) in [7, 11) is 1.54. The highest BCUT2D eigenvalue weighted by Gasteiger charge is 2.26. The van der Waals surface area contributed by atoms with E-state index in [0.29, 0.717) is 11.3 Å². The normalized spacial score (nSPS) is 11.6. The van der Waals surface area contributed by atoms with Gasteiger partial charge in [0, 0.05) is 6.42 Å². The number of rotatable bonds is 8. The van der Waals surface area contributed by atoms with E-state index < -0.39 is 18.0 Å². The van der Waals surface area contributed by atoms with E-state index in [9.17, 15) is 9.59 Å². The van der Waals surface area contributed by atoms with Gasteiger partial charge in [0.2, 0.25) is 6.10 Å². The molecule has 0 unspecified atom stereocenters. The molecule has 0 bridgehead atoms. The highest BCUT2D eigenvalue weighted by Crippen LogP contribution is 2.21. The molecule has 0 N–H and O–H groups in total. The number of hydrogen-bond donors (Lipinski definition) is 0. The number of carbonyl (C=O) groups excluding carboxylic acids is 2. The fourth-order valence-corrected chi connectivity index (χ4v) is 3.76. The Morgan fingerprint density at radius 3 is 2.29 bits per heavy atom. The Bertz CT molecular complexity index is 1300. The van der Waals surface area contributed by atoms with Gasteiger partial charge in [0.25, 0.3) is 0 Å². The van der Waals surface area contributed by atoms with Gasteiger partial charge in [-0.1, -0.05) is 72.8 Å². The van der Waals surface area contributed by atoms with E-state index in [1.807, 2.05) is 85.8 Å². The molecular formula is C29H26O5. The van der Waals surface area contributed by atoms with Gasteiger partial charge in [0.1, 0.15) is 12.4 Å². The van der Waals surface area contributed by atoms with Gasteiger partial charge in [-0.2, -0.15) is 0 Å². The fraction of sp³-hybridized carbons (Fsp3) is 0.172. The minimum absolute atomic E-state index is 0.101. The van der Waals surface area contributed by atoms with Gasteiger partial charge in [-0.25, -0.2) is 9.59 Å². The zero-order valence-corrected chi connectivity index (χ0v) is 19.2. The van der Waals surface area contributed by atoms with Crippen LogP contribution >= 0.6 is 0 Å². The third-order valence-electron chi connectivity index (χ3n) is 5.49. The topological polar surface area (TPSA) is 61.8 Å². The molecule has 0 aliphatic heterocycles. The maximum Gasteiger partial charge on any atom is 0.348 e. The summed E-state index contributed by atoms with van der Waals surface area (Å²) in [4.78, 5) is 26.0. The van der Waals surface area contributed by atoms with Crippen molar-refractivity contribution < 1.29 is 23.8 Å². The minimum atomic E-state index is -1.09. The smallest absolute Gasteiger partial charge is 0.348 e. The molecule has 0 spiro atoms. The average Bonchev–Trinajstić information content (AvgIpc) is 2.87. The molecule has 5 heteroatoms. The maximum absolute atomic E-state index is 13.0. The van der Waals surface area contributed by atoms with Gasteiger partial charge in [0.05, 0.1) is 12.7 Å². The van der Waals surface area contributed by atoms with Crippen molar-refractivity contribution in [3.63, 3.8) is 0 Å². The van der Waals surface area contributed by atoms with Crippen molar-refractivity contribution in [2.45, 2.75) is 26.1 Å². The molecule has 0 amide bonds. The lowest BCUT2D eigenvalue weighted by Crippen LogP contribution is -2.31. The molecule has 0 aliphatic carbocycles. The van der Waals surface area contributed by atoms with E-state index in [2.05, 4.69) is 0 Å². The van der Waals surface area contributed by atoms with E-state index in [1.54, 1.807) is 12.1 Å². The summed E-state index contributed by atoms with van der Waals surface area (Å²) >= 11 is 0. The Labute approximate surface area is 198 Å². The molecule has 0 heterocycles. The van der Waals surface area contributed by atoms with Gasteiger partial charge in [-0.05, 0) is 52.6 Å². The van der Waals surface area contributed by atoms with Crippen LogP contribution in [0.2, 0.25) is 0 Å². The first kappa shape index (κ1) is 23.1. The number of hydrogen-bond acceptors (Lipinski definition) is 5. The summed E-state index contributed by atoms with van der Waals surface area (Å²) in [6.07, 6.45) is -0.892. The van der Waals surface area contributed by atoms with Crippen LogP contribution in [-0.2, 0) is 27.3 Å². The average molecular weight is 455 g/mol. The van der Waals surface area contributed by atoms with E-state index in [1.165, 1.54) is 7.11 Å². The summed E-state index contributed by atoms with van der Waals surface area (Å²) in [5, 5.41) is 2.14. The molecule has 5 nitrogen and oxygen atoms in total. The molecule has 4 rings (SSSR count). The number of benzene rings is 4. The van der Waals surface area contributed by atoms with Crippen LogP contribution in [0.3, 0.4) is 0 Å². The van der Waals surface area contributed by atoms with Crippen LogP contribution in [0, 0.1) is 6.92 Å². The molecule has 0 radical (unpaired) electrons. The predicted molar refractivity (Wildman–Crippen MR) is 131 cm³/mol. The number of aryl methyl sites for hydroxylation is 1. The molecule has 34 heavy (non-hydrogen) atoms. The zero-order chi connectivity index (χ0) is 23.9. The fourth-order valence-electron chi connectivity index (χ4n) is 3.76. The lowest BCUT2D eigenvalue weighted by molar-refractivity contribution is -0.155. The molecular weight excluding hydrogens is 428 g/mol. The first-order valence-electron chi connectivity index (χ1n) is 11.1. The Balaban J connectivity index is 1.56. The van der Waals surface area contributed by atoms with Gasteiger partial charge >= 0.3 is 11.9 Å². The van der Waals surface area contributed by atoms with Crippen LogP contribution in [0.4, 0.5) is 0 Å². The Kier molecular flexibility index (Phi) is 7.23. The Morgan fingerprint density at radius 1 is 0.794 bits per heavy atom. The molecule has 0 fully saturated rings. The van der Waals surface area contributed by atoms with Crippen LogP contribution in [-0.4, -0.2) is 25.2 Å². The molecule has 172 valence electrons. The highest BCUT2D eigenvalue weighted by molar-refractivity contribution is 5.92. The molecule has 4 aromatic carbocycles. The van der Waals surface area contributed by atoms with E-state index in [0.717, 1.165) is 27.5 Å². The van der Waals surface area contributed by atoms with Gasteiger partial charge < -0.3 is 14.2 Å². The second-order valence-corrected chi connectivity index (χ2v) is 8.11. The van der Waals surface area contributed by atoms with E-state index in [-0.39, 0.29) is 13.0 Å². The number of ether oxygens (including phenoxy) is 3. The number of carbonyl (C=O) groups is 2. The van der Waals surface area contributed by atoms with Crippen molar-refractivity contribution in [2.24, 2.45) is 0 Å². The standard InChI is InChI=1S/C29H26O5/c1-20-14-25(18-26(15-20)32-2)28(30)34-27(29(31)33-19-21-8-4-3-5-9-21)17-22-12-13-23-10-6-7-11-24(23)16-22/h3-16,18,27H,17,19H2,1-2H3/t27-/m1/s1. The van der Waals surface area contributed by atoms with Gasteiger partial charge in [-0.3, -0.25) is 0 Å². The van der Waals surface area contributed by atoms with E-state index >= 15 is 0 Å². The minimum Gasteiger partial charge on any atom is -0.497 e. The summed E-state index contributed by atoms with van der Waals surface area (Å²) < 4.78 is 16.5. The van der Waals surface area contributed by atoms with Crippen molar-refractivity contribution in [3.8, 4) is 5.75 Å². The van der Waals surface area contributed by atoms with Crippen LogP contribution in [0.25, 0.3) is 10.8 Å². The van der Waals surface area contributed by atoms with Crippen LogP contribution in [0.1, 0.15) is 27.0 Å². The molecule has 0 saturated heterocycles. The summed E-state index contributed by atoms with van der Waals surface area (Å²) in [5.74, 6) is -0.654. The lowest BCUT2D eigenvalue weighted by atomic mass is 10.0. The van der Waals surface area contributed by atoms with Crippen molar-refractivity contribution in [2.75, 3.05) is 7.11 Å². The molecule has 0 aliphatic rings. The largest absolute Gasteiger partial charge is 0.497 e. The Morgan fingerprint density at radius 2 is 1.53 bits per heavy atom. The summed E-state index contributed by atoms with van der Waals surface area (Å²) in [6, 6.07) is 28.4. The quantitative estimate of drug-likeness (QED) is 0.321. The first-order valence-corrected chi connectivity index (χ1v) is 11.1. The second kappa shape index (κ2) is 10.7. The zero-order valence-electron chi connectivity index (χ0n) is 19.2.